The first-order valence-electron chi connectivity index (χ1n) is 5.52. The van der Waals surface area contributed by atoms with Crippen molar-refractivity contribution >= 4 is 27.3 Å². The monoisotopic (exact) mass is 302 g/mol. The third-order valence-electron chi connectivity index (χ3n) is 2.91. The van der Waals surface area contributed by atoms with Gasteiger partial charge in [-0.15, -0.1) is 10.2 Å². The number of pyridine rings is 1. The van der Waals surface area contributed by atoms with Gasteiger partial charge in [-0.2, -0.15) is 0 Å². The highest BCUT2D eigenvalue weighted by Gasteiger charge is 2.11. The molecule has 4 nitrogen and oxygen atoms in total. The highest BCUT2D eigenvalue weighted by Crippen LogP contribution is 2.27. The molecule has 18 heavy (non-hydrogen) atoms. The molecule has 2 aromatic heterocycles. The van der Waals surface area contributed by atoms with E-state index in [0.29, 0.717) is 0 Å². The van der Waals surface area contributed by atoms with Crippen molar-refractivity contribution in [2.24, 2.45) is 0 Å². The lowest BCUT2D eigenvalue weighted by Gasteiger charge is -2.05. The topological polar surface area (TPSA) is 56.2 Å². The molecule has 0 saturated carbocycles. The van der Waals surface area contributed by atoms with Crippen LogP contribution in [0.1, 0.15) is 5.56 Å². The lowest BCUT2D eigenvalue weighted by molar-refractivity contribution is 1.11. The van der Waals surface area contributed by atoms with E-state index in [1.165, 1.54) is 0 Å². The van der Waals surface area contributed by atoms with Crippen LogP contribution < -0.4 is 5.73 Å². The number of benzene rings is 1. The molecule has 3 rings (SSSR count). The van der Waals surface area contributed by atoms with Crippen LogP contribution in [0.15, 0.2) is 41.0 Å². The maximum absolute atomic E-state index is 5.94. The number of hydrogen-bond acceptors (Lipinski definition) is 3. The number of fused-ring (bicyclic) bond motifs is 1. The SMILES string of the molecule is Cc1cc2nnc(-c3ccccc3Br)n2cc1N. The molecule has 0 spiro atoms. The molecule has 0 radical (unpaired) electrons. The van der Waals surface area contributed by atoms with Gasteiger partial charge in [0, 0.05) is 16.2 Å². The van der Waals surface area contributed by atoms with Crippen LogP contribution in [0.3, 0.4) is 0 Å². The number of aromatic nitrogens is 3. The van der Waals surface area contributed by atoms with Gasteiger partial charge in [-0.1, -0.05) is 34.1 Å². The van der Waals surface area contributed by atoms with Gasteiger partial charge < -0.3 is 5.73 Å². The van der Waals surface area contributed by atoms with Crippen molar-refractivity contribution in [1.82, 2.24) is 14.6 Å². The molecule has 0 aliphatic carbocycles. The number of rotatable bonds is 1. The molecule has 0 saturated heterocycles. The smallest absolute Gasteiger partial charge is 0.169 e. The van der Waals surface area contributed by atoms with Gasteiger partial charge >= 0.3 is 0 Å². The maximum atomic E-state index is 5.94. The van der Waals surface area contributed by atoms with Crippen molar-refractivity contribution < 1.29 is 0 Å². The zero-order valence-corrected chi connectivity index (χ0v) is 11.3. The molecule has 0 fully saturated rings. The molecule has 0 bridgehead atoms. The van der Waals surface area contributed by atoms with Gasteiger partial charge in [0.2, 0.25) is 0 Å². The van der Waals surface area contributed by atoms with E-state index in [1.54, 1.807) is 0 Å². The quantitative estimate of drug-likeness (QED) is 0.751. The Balaban J connectivity index is 2.31. The number of nitrogen functional groups attached to an aromatic ring is 1. The molecular weight excluding hydrogens is 292 g/mol. The molecule has 3 aromatic rings. The van der Waals surface area contributed by atoms with Gasteiger partial charge in [-0.05, 0) is 24.6 Å². The Labute approximate surface area is 113 Å². The van der Waals surface area contributed by atoms with Crippen LogP contribution in [0, 0.1) is 6.92 Å². The molecule has 0 aliphatic heterocycles. The molecule has 90 valence electrons. The molecule has 0 atom stereocenters. The lowest BCUT2D eigenvalue weighted by atomic mass is 10.2. The zero-order chi connectivity index (χ0) is 12.7. The summed E-state index contributed by atoms with van der Waals surface area (Å²) in [5.74, 6) is 0.782. The fourth-order valence-electron chi connectivity index (χ4n) is 1.87. The predicted octanol–water partition coefficient (Wildman–Crippen LogP) is 3.05. The minimum absolute atomic E-state index is 0.732. The Morgan fingerprint density at radius 1 is 1.22 bits per heavy atom. The van der Waals surface area contributed by atoms with Crippen LogP contribution in [0.4, 0.5) is 5.69 Å². The molecule has 2 N–H and O–H groups in total. The van der Waals surface area contributed by atoms with Crippen molar-refractivity contribution in [3.63, 3.8) is 0 Å². The largest absolute Gasteiger partial charge is 0.397 e. The summed E-state index contributed by atoms with van der Waals surface area (Å²) < 4.78 is 2.89. The molecule has 0 aliphatic rings. The summed E-state index contributed by atoms with van der Waals surface area (Å²) >= 11 is 3.52. The number of nitrogens with two attached hydrogens (primary N) is 1. The van der Waals surface area contributed by atoms with E-state index < -0.39 is 0 Å². The standard InChI is InChI=1S/C13H11BrN4/c1-8-6-12-16-17-13(18(12)7-11(8)15)9-4-2-3-5-10(9)14/h2-7H,15H2,1H3. The maximum Gasteiger partial charge on any atom is 0.169 e. The van der Waals surface area contributed by atoms with Crippen LogP contribution in [0.5, 0.6) is 0 Å². The normalized spacial score (nSPS) is 11.0. The molecule has 0 unspecified atom stereocenters. The summed E-state index contributed by atoms with van der Waals surface area (Å²) in [5.41, 5.74) is 9.47. The summed E-state index contributed by atoms with van der Waals surface area (Å²) in [6, 6.07) is 9.85. The molecular formula is C13H11BrN4. The Morgan fingerprint density at radius 2 is 2.00 bits per heavy atom. The van der Waals surface area contributed by atoms with E-state index in [-0.39, 0.29) is 0 Å². The first-order chi connectivity index (χ1) is 8.66. The average Bonchev–Trinajstić information content (AvgIpc) is 2.73. The molecule has 1 aromatic carbocycles. The number of nitrogens with zero attached hydrogens (tertiary/aromatic N) is 3. The number of hydrogen-bond donors (Lipinski definition) is 1. The number of aryl methyl sites for hydroxylation is 1. The first-order valence-corrected chi connectivity index (χ1v) is 6.32. The fourth-order valence-corrected chi connectivity index (χ4v) is 2.34. The second-order valence-corrected chi connectivity index (χ2v) is 5.00. The van der Waals surface area contributed by atoms with Crippen molar-refractivity contribution in [2.45, 2.75) is 6.92 Å². The minimum atomic E-state index is 0.732. The van der Waals surface area contributed by atoms with E-state index in [0.717, 1.165) is 32.8 Å². The van der Waals surface area contributed by atoms with E-state index in [2.05, 4.69) is 26.1 Å². The summed E-state index contributed by atoms with van der Waals surface area (Å²) in [6.07, 6.45) is 1.86. The fraction of sp³-hybridized carbons (Fsp3) is 0.0769. The van der Waals surface area contributed by atoms with Crippen molar-refractivity contribution in [2.75, 3.05) is 5.73 Å². The second-order valence-electron chi connectivity index (χ2n) is 4.14. The highest BCUT2D eigenvalue weighted by atomic mass is 79.9. The summed E-state index contributed by atoms with van der Waals surface area (Å²) in [7, 11) is 0. The molecule has 0 amide bonds. The van der Waals surface area contributed by atoms with Gasteiger partial charge in [0.25, 0.3) is 0 Å². The first kappa shape index (κ1) is 11.2. The van der Waals surface area contributed by atoms with Crippen molar-refractivity contribution in [1.29, 1.82) is 0 Å². The third kappa shape index (κ3) is 1.67. The van der Waals surface area contributed by atoms with Crippen LogP contribution >= 0.6 is 15.9 Å². The van der Waals surface area contributed by atoms with Crippen LogP contribution in [0.2, 0.25) is 0 Å². The van der Waals surface area contributed by atoms with Gasteiger partial charge in [0.1, 0.15) is 0 Å². The average molecular weight is 303 g/mol. The molecule has 2 heterocycles. The van der Waals surface area contributed by atoms with Crippen molar-refractivity contribution in [3.05, 3.63) is 46.6 Å². The van der Waals surface area contributed by atoms with E-state index in [1.807, 2.05) is 47.9 Å². The summed E-state index contributed by atoms with van der Waals surface area (Å²) in [4.78, 5) is 0. The summed E-state index contributed by atoms with van der Waals surface area (Å²) in [5, 5.41) is 8.41. The zero-order valence-electron chi connectivity index (χ0n) is 9.76. The van der Waals surface area contributed by atoms with E-state index >= 15 is 0 Å². The van der Waals surface area contributed by atoms with Gasteiger partial charge in [0.05, 0.1) is 5.69 Å². The number of halogens is 1. The van der Waals surface area contributed by atoms with Crippen molar-refractivity contribution in [3.8, 4) is 11.4 Å². The van der Waals surface area contributed by atoms with E-state index in [4.69, 9.17) is 5.73 Å². The van der Waals surface area contributed by atoms with Gasteiger partial charge in [-0.25, -0.2) is 0 Å². The summed E-state index contributed by atoms with van der Waals surface area (Å²) in [6.45, 7) is 1.96. The highest BCUT2D eigenvalue weighted by molar-refractivity contribution is 9.10. The van der Waals surface area contributed by atoms with Crippen LogP contribution in [-0.4, -0.2) is 14.6 Å². The Hall–Kier alpha value is -1.88. The van der Waals surface area contributed by atoms with E-state index in [9.17, 15) is 0 Å². The Bertz CT molecular complexity index is 733. The predicted molar refractivity (Wildman–Crippen MR) is 75.3 cm³/mol. The lowest BCUT2D eigenvalue weighted by Crippen LogP contribution is -1.96. The Morgan fingerprint density at radius 3 is 2.78 bits per heavy atom. The third-order valence-corrected chi connectivity index (χ3v) is 3.60. The van der Waals surface area contributed by atoms with Gasteiger partial charge in [0.15, 0.2) is 11.5 Å². The number of anilines is 1. The van der Waals surface area contributed by atoms with Crippen LogP contribution in [0.25, 0.3) is 17.0 Å². The Kier molecular flexibility index (Phi) is 2.56. The van der Waals surface area contributed by atoms with Crippen LogP contribution in [-0.2, 0) is 0 Å². The minimum Gasteiger partial charge on any atom is -0.397 e. The van der Waals surface area contributed by atoms with Gasteiger partial charge in [-0.3, -0.25) is 4.40 Å². The molecule has 5 heteroatoms. The second kappa shape index (κ2) is 4.10.